The minimum Gasteiger partial charge on any atom is -0.493 e. The number of amides is 4. The van der Waals surface area contributed by atoms with E-state index >= 15 is 0 Å². The number of barbiturate groups is 1. The van der Waals surface area contributed by atoms with Gasteiger partial charge in [-0.1, -0.05) is 33.6 Å². The highest BCUT2D eigenvalue weighted by molar-refractivity contribution is 9.10. The molecule has 1 heterocycles. The molecule has 0 aliphatic carbocycles. The minimum absolute atomic E-state index is 0.210. The summed E-state index contributed by atoms with van der Waals surface area (Å²) < 4.78 is 11.4. The van der Waals surface area contributed by atoms with E-state index in [0.29, 0.717) is 33.2 Å². The normalized spacial score (nSPS) is 15.4. The maximum atomic E-state index is 13.0. The third-order valence-corrected chi connectivity index (χ3v) is 5.49. The SMILES string of the molecule is CCOc1cc(Br)c(/C=C2/C(=O)NC(=O)N(c3ccc(C)c(Cl)c3)C2=O)cc1OC. The Morgan fingerprint density at radius 2 is 1.90 bits per heavy atom. The Morgan fingerprint density at radius 3 is 2.53 bits per heavy atom. The summed E-state index contributed by atoms with van der Waals surface area (Å²) in [4.78, 5) is 38.7. The lowest BCUT2D eigenvalue weighted by Crippen LogP contribution is -2.54. The van der Waals surface area contributed by atoms with Crippen molar-refractivity contribution in [1.82, 2.24) is 5.32 Å². The van der Waals surface area contributed by atoms with Crippen molar-refractivity contribution in [2.75, 3.05) is 18.6 Å². The molecular formula is C21H18BrClN2O5. The van der Waals surface area contributed by atoms with E-state index in [0.717, 1.165) is 10.5 Å². The molecule has 3 rings (SSSR count). The molecule has 1 aliphatic heterocycles. The van der Waals surface area contributed by atoms with Crippen LogP contribution in [-0.4, -0.2) is 31.6 Å². The average Bonchev–Trinajstić information content (AvgIpc) is 2.69. The number of anilines is 1. The van der Waals surface area contributed by atoms with Crippen LogP contribution >= 0.6 is 27.5 Å². The van der Waals surface area contributed by atoms with E-state index in [1.54, 1.807) is 31.2 Å². The van der Waals surface area contributed by atoms with Crippen LogP contribution in [0.3, 0.4) is 0 Å². The summed E-state index contributed by atoms with van der Waals surface area (Å²) in [7, 11) is 1.49. The van der Waals surface area contributed by atoms with Gasteiger partial charge in [0.2, 0.25) is 0 Å². The summed E-state index contributed by atoms with van der Waals surface area (Å²) in [5.74, 6) is -0.601. The number of halogens is 2. The zero-order valence-corrected chi connectivity index (χ0v) is 18.8. The molecule has 4 amide bonds. The van der Waals surface area contributed by atoms with Gasteiger partial charge in [-0.3, -0.25) is 14.9 Å². The molecule has 30 heavy (non-hydrogen) atoms. The standard InChI is InChI=1S/C21H18BrClN2O5/c1-4-30-18-10-15(22)12(8-17(18)29-3)7-14-19(26)24-21(28)25(20(14)27)13-6-5-11(2)16(23)9-13/h5-10H,4H2,1-3H3,(H,24,26,28)/b14-7-. The summed E-state index contributed by atoms with van der Waals surface area (Å²) >= 11 is 9.55. The van der Waals surface area contributed by atoms with E-state index in [-0.39, 0.29) is 11.3 Å². The lowest BCUT2D eigenvalue weighted by molar-refractivity contribution is -0.122. The molecular weight excluding hydrogens is 476 g/mol. The van der Waals surface area contributed by atoms with E-state index < -0.39 is 17.8 Å². The first kappa shape index (κ1) is 21.9. The second-order valence-corrected chi connectivity index (χ2v) is 7.61. The second kappa shape index (κ2) is 8.89. The minimum atomic E-state index is -0.842. The number of methoxy groups -OCH3 is 1. The van der Waals surface area contributed by atoms with Gasteiger partial charge in [0.05, 0.1) is 19.4 Å². The number of nitrogens with zero attached hydrogens (tertiary/aromatic N) is 1. The molecule has 9 heteroatoms. The average molecular weight is 494 g/mol. The summed E-state index contributed by atoms with van der Waals surface area (Å²) in [5, 5.41) is 2.58. The molecule has 0 atom stereocenters. The zero-order chi connectivity index (χ0) is 22.0. The van der Waals surface area contributed by atoms with Crippen molar-refractivity contribution in [2.24, 2.45) is 0 Å². The molecule has 0 bridgehead atoms. The maximum absolute atomic E-state index is 13.0. The Kier molecular flexibility index (Phi) is 6.48. The Labute approximate surface area is 186 Å². The molecule has 0 saturated carbocycles. The Bertz CT molecular complexity index is 1080. The van der Waals surface area contributed by atoms with Gasteiger partial charge in [0.25, 0.3) is 11.8 Å². The summed E-state index contributed by atoms with van der Waals surface area (Å²) in [6.07, 6.45) is 1.38. The van der Waals surface area contributed by atoms with Gasteiger partial charge in [0.15, 0.2) is 11.5 Å². The van der Waals surface area contributed by atoms with Crippen molar-refractivity contribution >= 4 is 57.1 Å². The lowest BCUT2D eigenvalue weighted by Gasteiger charge is -2.26. The molecule has 7 nitrogen and oxygen atoms in total. The Balaban J connectivity index is 2.05. The number of rotatable bonds is 5. The largest absolute Gasteiger partial charge is 0.493 e. The zero-order valence-electron chi connectivity index (χ0n) is 16.4. The fraction of sp³-hybridized carbons (Fsp3) is 0.190. The number of hydrogen-bond donors (Lipinski definition) is 1. The van der Waals surface area contributed by atoms with Gasteiger partial charge >= 0.3 is 6.03 Å². The van der Waals surface area contributed by atoms with Crippen molar-refractivity contribution in [1.29, 1.82) is 0 Å². The molecule has 156 valence electrons. The van der Waals surface area contributed by atoms with Crippen molar-refractivity contribution in [2.45, 2.75) is 13.8 Å². The second-order valence-electron chi connectivity index (χ2n) is 6.35. The van der Waals surface area contributed by atoms with Crippen molar-refractivity contribution in [3.05, 3.63) is 56.5 Å². The molecule has 1 fully saturated rings. The number of carbonyl (C=O) groups excluding carboxylic acids is 3. The van der Waals surface area contributed by atoms with Crippen LogP contribution in [0.1, 0.15) is 18.1 Å². The Morgan fingerprint density at radius 1 is 1.17 bits per heavy atom. The van der Waals surface area contributed by atoms with Gasteiger partial charge < -0.3 is 9.47 Å². The number of urea groups is 1. The molecule has 1 N–H and O–H groups in total. The third-order valence-electron chi connectivity index (χ3n) is 4.40. The van der Waals surface area contributed by atoms with Gasteiger partial charge in [0.1, 0.15) is 5.57 Å². The van der Waals surface area contributed by atoms with Gasteiger partial charge in [0, 0.05) is 9.50 Å². The molecule has 2 aromatic rings. The number of aryl methyl sites for hydroxylation is 1. The summed E-state index contributed by atoms with van der Waals surface area (Å²) in [6.45, 7) is 4.09. The fourth-order valence-electron chi connectivity index (χ4n) is 2.86. The van der Waals surface area contributed by atoms with E-state index in [2.05, 4.69) is 21.2 Å². The van der Waals surface area contributed by atoms with E-state index in [1.807, 2.05) is 6.92 Å². The highest BCUT2D eigenvalue weighted by Gasteiger charge is 2.37. The molecule has 2 aromatic carbocycles. The van der Waals surface area contributed by atoms with E-state index in [1.165, 1.54) is 19.3 Å². The molecule has 0 spiro atoms. The predicted molar refractivity (Wildman–Crippen MR) is 117 cm³/mol. The van der Waals surface area contributed by atoms with Crippen LogP contribution in [0, 0.1) is 6.92 Å². The van der Waals surface area contributed by atoms with Crippen molar-refractivity contribution in [3.63, 3.8) is 0 Å². The van der Waals surface area contributed by atoms with Crippen LogP contribution in [0.4, 0.5) is 10.5 Å². The van der Waals surface area contributed by atoms with Crippen LogP contribution in [0.15, 0.2) is 40.4 Å². The van der Waals surface area contributed by atoms with Crippen molar-refractivity contribution in [3.8, 4) is 11.5 Å². The van der Waals surface area contributed by atoms with E-state index in [9.17, 15) is 14.4 Å². The number of hydrogen-bond acceptors (Lipinski definition) is 5. The summed E-state index contributed by atoms with van der Waals surface area (Å²) in [5.41, 5.74) is 1.35. The molecule has 0 radical (unpaired) electrons. The topological polar surface area (TPSA) is 84.9 Å². The molecule has 1 aliphatic rings. The number of ether oxygens (including phenoxy) is 2. The summed E-state index contributed by atoms with van der Waals surface area (Å²) in [6, 6.07) is 7.24. The first-order valence-electron chi connectivity index (χ1n) is 8.94. The van der Waals surface area contributed by atoms with Gasteiger partial charge in [-0.2, -0.15) is 0 Å². The van der Waals surface area contributed by atoms with Gasteiger partial charge in [-0.15, -0.1) is 0 Å². The molecule has 0 aromatic heterocycles. The van der Waals surface area contributed by atoms with Crippen LogP contribution in [0.5, 0.6) is 11.5 Å². The van der Waals surface area contributed by atoms with E-state index in [4.69, 9.17) is 21.1 Å². The lowest BCUT2D eigenvalue weighted by atomic mass is 10.1. The van der Waals surface area contributed by atoms with Crippen LogP contribution in [0.2, 0.25) is 5.02 Å². The van der Waals surface area contributed by atoms with Gasteiger partial charge in [-0.05, 0) is 55.3 Å². The molecule has 0 unspecified atom stereocenters. The van der Waals surface area contributed by atoms with Crippen molar-refractivity contribution < 1.29 is 23.9 Å². The highest BCUT2D eigenvalue weighted by atomic mass is 79.9. The third kappa shape index (κ3) is 4.20. The Hall–Kier alpha value is -2.84. The fourth-order valence-corrected chi connectivity index (χ4v) is 3.47. The number of benzene rings is 2. The van der Waals surface area contributed by atoms with Gasteiger partial charge in [-0.25, -0.2) is 9.69 Å². The first-order valence-corrected chi connectivity index (χ1v) is 10.1. The quantitative estimate of drug-likeness (QED) is 0.490. The monoisotopic (exact) mass is 492 g/mol. The predicted octanol–water partition coefficient (Wildman–Crippen LogP) is 4.48. The highest BCUT2D eigenvalue weighted by Crippen LogP contribution is 2.35. The first-order chi connectivity index (χ1) is 14.3. The smallest absolute Gasteiger partial charge is 0.335 e. The van der Waals surface area contributed by atoms with Crippen LogP contribution < -0.4 is 19.7 Å². The maximum Gasteiger partial charge on any atom is 0.335 e. The number of carbonyl (C=O) groups is 3. The number of imide groups is 2. The number of nitrogens with one attached hydrogen (secondary N) is 1. The molecule has 1 saturated heterocycles. The van der Waals surface area contributed by atoms with Crippen LogP contribution in [0.25, 0.3) is 6.08 Å². The van der Waals surface area contributed by atoms with Crippen LogP contribution in [-0.2, 0) is 9.59 Å².